The number of halogens is 3. The van der Waals surface area contributed by atoms with Gasteiger partial charge in [0, 0.05) is 24.5 Å². The number of rotatable bonds is 12. The molecule has 8 heteroatoms. The van der Waals surface area contributed by atoms with Crippen molar-refractivity contribution in [1.82, 2.24) is 10.2 Å². The molecule has 5 nitrogen and oxygen atoms in total. The molecule has 0 saturated heterocycles. The zero-order valence-corrected chi connectivity index (χ0v) is 20.6. The van der Waals surface area contributed by atoms with E-state index in [2.05, 4.69) is 12.2 Å². The quantitative estimate of drug-likeness (QED) is 0.357. The Kier molecular flexibility index (Phi) is 11.1. The van der Waals surface area contributed by atoms with Gasteiger partial charge >= 0.3 is 0 Å². The first-order valence-corrected chi connectivity index (χ1v) is 11.8. The highest BCUT2D eigenvalue weighted by Gasteiger charge is 2.25. The van der Waals surface area contributed by atoms with Crippen LogP contribution in [0.4, 0.5) is 0 Å². The fourth-order valence-corrected chi connectivity index (χ4v) is 3.49. The maximum Gasteiger partial charge on any atom is 0.242 e. The van der Waals surface area contributed by atoms with Gasteiger partial charge in [0.2, 0.25) is 11.8 Å². The van der Waals surface area contributed by atoms with Crippen molar-refractivity contribution < 1.29 is 14.3 Å². The molecule has 2 aromatic carbocycles. The normalized spacial score (nSPS) is 11.7. The SMILES string of the molecule is CCCCNC(=O)C(C)N(Cc1ccc(Cl)c(Cl)c1)C(=O)CCCOc1ccc(Cl)cc1. The van der Waals surface area contributed by atoms with E-state index in [0.717, 1.165) is 18.4 Å². The van der Waals surface area contributed by atoms with Crippen LogP contribution in [0.25, 0.3) is 0 Å². The first kappa shape index (κ1) is 26.3. The smallest absolute Gasteiger partial charge is 0.242 e. The van der Waals surface area contributed by atoms with Crippen molar-refractivity contribution in [3.05, 3.63) is 63.1 Å². The minimum absolute atomic E-state index is 0.131. The molecular formula is C24H29Cl3N2O3. The number of carbonyl (C=O) groups excluding carboxylic acids is 2. The van der Waals surface area contributed by atoms with Crippen LogP contribution in [0.5, 0.6) is 5.75 Å². The molecule has 1 unspecified atom stereocenters. The van der Waals surface area contributed by atoms with E-state index in [9.17, 15) is 9.59 Å². The van der Waals surface area contributed by atoms with E-state index < -0.39 is 6.04 Å². The molecule has 0 spiro atoms. The Morgan fingerprint density at radius 1 is 1.03 bits per heavy atom. The number of amides is 2. The third-order valence-electron chi connectivity index (χ3n) is 4.95. The minimum atomic E-state index is -0.619. The topological polar surface area (TPSA) is 58.6 Å². The standard InChI is InChI=1S/C24H29Cl3N2O3/c1-3-4-13-28-24(31)17(2)29(16-18-7-12-21(26)22(27)15-18)23(30)6-5-14-32-20-10-8-19(25)9-11-20/h7-12,15,17H,3-6,13-14,16H2,1-2H3,(H,28,31). The van der Waals surface area contributed by atoms with Crippen LogP contribution in [-0.4, -0.2) is 35.9 Å². The van der Waals surface area contributed by atoms with Gasteiger partial charge in [-0.15, -0.1) is 0 Å². The van der Waals surface area contributed by atoms with Crippen LogP contribution in [0, 0.1) is 0 Å². The number of ether oxygens (including phenoxy) is 1. The molecule has 0 bridgehead atoms. The van der Waals surface area contributed by atoms with Gasteiger partial charge in [0.15, 0.2) is 0 Å². The predicted octanol–water partition coefficient (Wildman–Crippen LogP) is 6.14. The Morgan fingerprint density at radius 2 is 1.75 bits per heavy atom. The lowest BCUT2D eigenvalue weighted by molar-refractivity contribution is -0.140. The first-order valence-electron chi connectivity index (χ1n) is 10.7. The third kappa shape index (κ3) is 8.53. The second kappa shape index (κ2) is 13.6. The molecule has 0 aromatic heterocycles. The molecule has 174 valence electrons. The molecule has 32 heavy (non-hydrogen) atoms. The van der Waals surface area contributed by atoms with Crippen LogP contribution in [-0.2, 0) is 16.1 Å². The van der Waals surface area contributed by atoms with Crippen LogP contribution in [0.1, 0.15) is 45.1 Å². The number of carbonyl (C=O) groups is 2. The van der Waals surface area contributed by atoms with Crippen LogP contribution in [0.2, 0.25) is 15.1 Å². The van der Waals surface area contributed by atoms with E-state index in [-0.39, 0.29) is 24.8 Å². The summed E-state index contributed by atoms with van der Waals surface area (Å²) in [5.41, 5.74) is 0.804. The molecule has 0 fully saturated rings. The number of nitrogens with one attached hydrogen (secondary N) is 1. The van der Waals surface area contributed by atoms with E-state index in [0.29, 0.717) is 40.4 Å². The highest BCUT2D eigenvalue weighted by atomic mass is 35.5. The van der Waals surface area contributed by atoms with E-state index >= 15 is 0 Å². The van der Waals surface area contributed by atoms with Gasteiger partial charge in [-0.05, 0) is 61.7 Å². The Labute approximate surface area is 205 Å². The summed E-state index contributed by atoms with van der Waals surface area (Å²) in [5.74, 6) is 0.386. The molecule has 2 rings (SSSR count). The maximum atomic E-state index is 13.0. The average molecular weight is 500 g/mol. The molecule has 0 heterocycles. The van der Waals surface area contributed by atoms with Crippen molar-refractivity contribution in [2.24, 2.45) is 0 Å². The van der Waals surface area contributed by atoms with Crippen LogP contribution in [0.15, 0.2) is 42.5 Å². The average Bonchev–Trinajstić information content (AvgIpc) is 2.78. The molecule has 1 atom stereocenters. The van der Waals surface area contributed by atoms with Crippen molar-refractivity contribution in [1.29, 1.82) is 0 Å². The molecule has 0 aliphatic rings. The lowest BCUT2D eigenvalue weighted by Gasteiger charge is -2.29. The molecule has 0 aliphatic carbocycles. The van der Waals surface area contributed by atoms with E-state index in [1.165, 1.54) is 0 Å². The summed E-state index contributed by atoms with van der Waals surface area (Å²) < 4.78 is 5.67. The molecule has 2 amide bonds. The molecule has 0 radical (unpaired) electrons. The highest BCUT2D eigenvalue weighted by molar-refractivity contribution is 6.42. The predicted molar refractivity (Wildman–Crippen MR) is 131 cm³/mol. The van der Waals surface area contributed by atoms with E-state index in [1.807, 2.05) is 0 Å². The van der Waals surface area contributed by atoms with Gasteiger partial charge in [-0.25, -0.2) is 0 Å². The van der Waals surface area contributed by atoms with E-state index in [1.54, 1.807) is 54.3 Å². The summed E-state index contributed by atoms with van der Waals surface area (Å²) >= 11 is 18.0. The van der Waals surface area contributed by atoms with Crippen LogP contribution < -0.4 is 10.1 Å². The Morgan fingerprint density at radius 3 is 2.41 bits per heavy atom. The lowest BCUT2D eigenvalue weighted by atomic mass is 10.1. The van der Waals surface area contributed by atoms with Crippen molar-refractivity contribution in [2.75, 3.05) is 13.2 Å². The molecule has 1 N–H and O–H groups in total. The summed E-state index contributed by atoms with van der Waals surface area (Å²) in [6.07, 6.45) is 2.64. The third-order valence-corrected chi connectivity index (χ3v) is 5.94. The van der Waals surface area contributed by atoms with E-state index in [4.69, 9.17) is 39.5 Å². The highest BCUT2D eigenvalue weighted by Crippen LogP contribution is 2.24. The van der Waals surface area contributed by atoms with Crippen molar-refractivity contribution >= 4 is 46.6 Å². The van der Waals surface area contributed by atoms with Gasteiger partial charge in [0.05, 0.1) is 16.7 Å². The summed E-state index contributed by atoms with van der Waals surface area (Å²) in [5, 5.41) is 4.39. The zero-order chi connectivity index (χ0) is 23.5. The molecular weight excluding hydrogens is 471 g/mol. The minimum Gasteiger partial charge on any atom is -0.494 e. The first-order chi connectivity index (χ1) is 15.3. The lowest BCUT2D eigenvalue weighted by Crippen LogP contribution is -2.47. The van der Waals surface area contributed by atoms with Crippen LogP contribution in [0.3, 0.4) is 0 Å². The number of hydrogen-bond donors (Lipinski definition) is 1. The number of unbranched alkanes of at least 4 members (excludes halogenated alkanes) is 1. The molecule has 2 aromatic rings. The van der Waals surface area contributed by atoms with Crippen molar-refractivity contribution in [3.8, 4) is 5.75 Å². The largest absolute Gasteiger partial charge is 0.494 e. The molecule has 0 saturated carbocycles. The van der Waals surface area contributed by atoms with Gasteiger partial charge in [-0.1, -0.05) is 54.2 Å². The van der Waals surface area contributed by atoms with Gasteiger partial charge < -0.3 is 15.0 Å². The van der Waals surface area contributed by atoms with Gasteiger partial charge in [0.1, 0.15) is 11.8 Å². The monoisotopic (exact) mass is 498 g/mol. The molecule has 0 aliphatic heterocycles. The zero-order valence-electron chi connectivity index (χ0n) is 18.4. The number of nitrogens with zero attached hydrogens (tertiary/aromatic N) is 1. The second-order valence-electron chi connectivity index (χ2n) is 7.50. The summed E-state index contributed by atoms with van der Waals surface area (Å²) in [6.45, 7) is 5.02. The summed E-state index contributed by atoms with van der Waals surface area (Å²) in [4.78, 5) is 27.2. The van der Waals surface area contributed by atoms with Crippen LogP contribution >= 0.6 is 34.8 Å². The maximum absolute atomic E-state index is 13.0. The summed E-state index contributed by atoms with van der Waals surface area (Å²) in [6, 6.07) is 11.7. The summed E-state index contributed by atoms with van der Waals surface area (Å²) in [7, 11) is 0. The fraction of sp³-hybridized carbons (Fsp3) is 0.417. The second-order valence-corrected chi connectivity index (χ2v) is 8.75. The number of hydrogen-bond acceptors (Lipinski definition) is 3. The van der Waals surface area contributed by atoms with Crippen molar-refractivity contribution in [2.45, 2.75) is 52.1 Å². The Hall–Kier alpha value is -1.95. The van der Waals surface area contributed by atoms with Gasteiger partial charge in [-0.3, -0.25) is 9.59 Å². The Balaban J connectivity index is 2.00. The fourth-order valence-electron chi connectivity index (χ4n) is 3.04. The Bertz CT molecular complexity index is 891. The van der Waals surface area contributed by atoms with Crippen molar-refractivity contribution in [3.63, 3.8) is 0 Å². The van der Waals surface area contributed by atoms with Gasteiger partial charge in [0.25, 0.3) is 0 Å². The number of benzene rings is 2. The van der Waals surface area contributed by atoms with Gasteiger partial charge in [-0.2, -0.15) is 0 Å².